The second-order valence-electron chi connectivity index (χ2n) is 6.97. The molecule has 0 bridgehead atoms. The average Bonchev–Trinajstić information content (AvgIpc) is 3.42. The summed E-state index contributed by atoms with van der Waals surface area (Å²) < 4.78 is 7.19. The summed E-state index contributed by atoms with van der Waals surface area (Å²) in [4.78, 5) is 26.0. The fourth-order valence-corrected chi connectivity index (χ4v) is 3.41. The third-order valence-electron chi connectivity index (χ3n) is 4.91. The Morgan fingerprint density at radius 2 is 2.03 bits per heavy atom. The van der Waals surface area contributed by atoms with Gasteiger partial charge in [-0.15, -0.1) is 0 Å². The highest BCUT2D eigenvalue weighted by Gasteiger charge is 2.24. The van der Waals surface area contributed by atoms with Crippen molar-refractivity contribution in [3.63, 3.8) is 0 Å². The van der Waals surface area contributed by atoms with E-state index in [0.717, 1.165) is 23.4 Å². The number of para-hydroxylation sites is 1. The Morgan fingerprint density at radius 3 is 2.77 bits per heavy atom. The molecule has 2 heterocycles. The molecule has 0 aliphatic carbocycles. The largest absolute Gasteiger partial charge is 0.494 e. The summed E-state index contributed by atoms with van der Waals surface area (Å²) in [5, 5.41) is 9.93. The second kappa shape index (κ2) is 8.69. The van der Waals surface area contributed by atoms with E-state index in [1.807, 2.05) is 36.5 Å². The second-order valence-corrected chi connectivity index (χ2v) is 6.97. The number of amides is 3. The van der Waals surface area contributed by atoms with E-state index in [0.29, 0.717) is 30.9 Å². The minimum absolute atomic E-state index is 0.0859. The van der Waals surface area contributed by atoms with Gasteiger partial charge in [-0.25, -0.2) is 9.48 Å². The number of urea groups is 1. The molecule has 3 amide bonds. The van der Waals surface area contributed by atoms with E-state index in [4.69, 9.17) is 4.74 Å². The van der Waals surface area contributed by atoms with Crippen molar-refractivity contribution in [2.75, 3.05) is 23.9 Å². The zero-order valence-electron chi connectivity index (χ0n) is 16.7. The highest BCUT2D eigenvalue weighted by Crippen LogP contribution is 2.33. The minimum atomic E-state index is -0.338. The summed E-state index contributed by atoms with van der Waals surface area (Å²) in [6.45, 7) is 1.02. The van der Waals surface area contributed by atoms with Crippen LogP contribution in [0.5, 0.6) is 5.75 Å². The predicted molar refractivity (Wildman–Crippen MR) is 114 cm³/mol. The normalized spacial score (nSPS) is 13.4. The first-order chi connectivity index (χ1) is 14.6. The number of aromatic nitrogens is 2. The van der Waals surface area contributed by atoms with Crippen molar-refractivity contribution in [2.24, 2.45) is 0 Å². The Morgan fingerprint density at radius 1 is 1.20 bits per heavy atom. The van der Waals surface area contributed by atoms with Gasteiger partial charge in [-0.1, -0.05) is 18.2 Å². The lowest BCUT2D eigenvalue weighted by Crippen LogP contribution is -2.28. The molecule has 0 atom stereocenters. The molecule has 154 valence electrons. The zero-order valence-corrected chi connectivity index (χ0v) is 16.7. The van der Waals surface area contributed by atoms with Gasteiger partial charge < -0.3 is 20.3 Å². The molecule has 1 aliphatic heterocycles. The molecule has 3 aromatic rings. The summed E-state index contributed by atoms with van der Waals surface area (Å²) >= 11 is 0. The smallest absolute Gasteiger partial charge is 0.319 e. The van der Waals surface area contributed by atoms with E-state index in [1.165, 1.54) is 0 Å². The van der Waals surface area contributed by atoms with Crippen molar-refractivity contribution in [3.05, 3.63) is 66.5 Å². The number of benzene rings is 2. The van der Waals surface area contributed by atoms with Crippen molar-refractivity contribution in [3.8, 4) is 11.4 Å². The summed E-state index contributed by atoms with van der Waals surface area (Å²) in [5.74, 6) is 0.634. The van der Waals surface area contributed by atoms with Gasteiger partial charge in [0.15, 0.2) is 0 Å². The van der Waals surface area contributed by atoms with Crippen LogP contribution in [0.1, 0.15) is 18.4 Å². The number of ether oxygens (including phenoxy) is 1. The van der Waals surface area contributed by atoms with Gasteiger partial charge in [-0.2, -0.15) is 5.10 Å². The Balaban J connectivity index is 1.36. The number of rotatable bonds is 6. The number of hydrogen-bond acceptors (Lipinski definition) is 4. The molecule has 1 saturated heterocycles. The number of nitrogens with one attached hydrogen (secondary N) is 2. The van der Waals surface area contributed by atoms with Crippen LogP contribution < -0.4 is 20.3 Å². The first-order valence-electron chi connectivity index (χ1n) is 9.76. The quantitative estimate of drug-likeness (QED) is 0.658. The van der Waals surface area contributed by atoms with Crippen LogP contribution in [0.3, 0.4) is 0 Å². The first kappa shape index (κ1) is 19.5. The van der Waals surface area contributed by atoms with Crippen molar-refractivity contribution in [1.82, 2.24) is 15.1 Å². The van der Waals surface area contributed by atoms with Crippen LogP contribution >= 0.6 is 0 Å². The number of carbonyl (C=O) groups excluding carboxylic acids is 2. The van der Waals surface area contributed by atoms with E-state index in [1.54, 1.807) is 41.1 Å². The fraction of sp³-hybridized carbons (Fsp3) is 0.227. The summed E-state index contributed by atoms with van der Waals surface area (Å²) in [6.07, 6.45) is 4.98. The topological polar surface area (TPSA) is 88.5 Å². The zero-order chi connectivity index (χ0) is 20.9. The molecule has 0 saturated carbocycles. The van der Waals surface area contributed by atoms with Crippen molar-refractivity contribution < 1.29 is 14.3 Å². The van der Waals surface area contributed by atoms with Crippen LogP contribution in [0, 0.1) is 0 Å². The number of anilines is 2. The van der Waals surface area contributed by atoms with Crippen LogP contribution in [0.4, 0.5) is 16.2 Å². The van der Waals surface area contributed by atoms with Crippen molar-refractivity contribution >= 4 is 23.3 Å². The van der Waals surface area contributed by atoms with Crippen LogP contribution in [-0.2, 0) is 11.3 Å². The lowest BCUT2D eigenvalue weighted by molar-refractivity contribution is -0.117. The molecule has 2 aromatic carbocycles. The Labute approximate surface area is 174 Å². The van der Waals surface area contributed by atoms with E-state index in [-0.39, 0.29) is 11.9 Å². The van der Waals surface area contributed by atoms with Crippen molar-refractivity contribution in [1.29, 1.82) is 0 Å². The molecular formula is C22H23N5O3. The lowest BCUT2D eigenvalue weighted by Gasteiger charge is -2.19. The van der Waals surface area contributed by atoms with Gasteiger partial charge in [-0.05, 0) is 30.7 Å². The number of hydrogen-bond donors (Lipinski definition) is 2. The van der Waals surface area contributed by atoms with Crippen LogP contribution in [0.2, 0.25) is 0 Å². The summed E-state index contributed by atoms with van der Waals surface area (Å²) in [7, 11) is 1.55. The van der Waals surface area contributed by atoms with Gasteiger partial charge in [0.25, 0.3) is 0 Å². The first-order valence-corrected chi connectivity index (χ1v) is 9.76. The van der Waals surface area contributed by atoms with Gasteiger partial charge >= 0.3 is 6.03 Å². The highest BCUT2D eigenvalue weighted by atomic mass is 16.5. The highest BCUT2D eigenvalue weighted by molar-refractivity contribution is 5.97. The molecule has 1 fully saturated rings. The maximum absolute atomic E-state index is 12.3. The van der Waals surface area contributed by atoms with E-state index in [9.17, 15) is 9.59 Å². The van der Waals surface area contributed by atoms with Crippen LogP contribution in [-0.4, -0.2) is 35.4 Å². The third kappa shape index (κ3) is 4.27. The van der Waals surface area contributed by atoms with Gasteiger partial charge in [-0.3, -0.25) is 4.79 Å². The van der Waals surface area contributed by atoms with Crippen LogP contribution in [0.15, 0.2) is 60.9 Å². The van der Waals surface area contributed by atoms with Gasteiger partial charge in [0.05, 0.1) is 24.7 Å². The minimum Gasteiger partial charge on any atom is -0.494 e. The molecule has 0 spiro atoms. The maximum atomic E-state index is 12.3. The van der Waals surface area contributed by atoms with E-state index >= 15 is 0 Å². The fourth-order valence-electron chi connectivity index (χ4n) is 3.41. The predicted octanol–water partition coefficient (Wildman–Crippen LogP) is 3.33. The molecule has 0 radical (unpaired) electrons. The molecule has 1 aliphatic rings. The Bertz CT molecular complexity index is 1050. The molecule has 0 unspecified atom stereocenters. The third-order valence-corrected chi connectivity index (χ3v) is 4.91. The number of nitrogens with zero attached hydrogens (tertiary/aromatic N) is 3. The Kier molecular flexibility index (Phi) is 5.65. The number of carbonyl (C=O) groups is 2. The maximum Gasteiger partial charge on any atom is 0.319 e. The average molecular weight is 405 g/mol. The standard InChI is InChI=1S/C22H23N5O3/c1-30-20-12-17(9-10-19(20)26-11-5-8-21(26)28)25-22(29)23-13-16-14-24-27(15-16)18-6-3-2-4-7-18/h2-4,6-7,9-10,12,14-15H,5,8,11,13H2,1H3,(H2,23,25,29). The van der Waals surface area contributed by atoms with Gasteiger partial charge in [0.2, 0.25) is 5.91 Å². The van der Waals surface area contributed by atoms with E-state index in [2.05, 4.69) is 15.7 Å². The summed E-state index contributed by atoms with van der Waals surface area (Å²) in [6, 6.07) is 14.7. The number of methoxy groups -OCH3 is 1. The molecule has 4 rings (SSSR count). The SMILES string of the molecule is COc1cc(NC(=O)NCc2cnn(-c3ccccc3)c2)ccc1N1CCCC1=O. The molecular weight excluding hydrogens is 382 g/mol. The monoisotopic (exact) mass is 405 g/mol. The summed E-state index contributed by atoms with van der Waals surface area (Å²) in [5.41, 5.74) is 3.14. The Hall–Kier alpha value is -3.81. The van der Waals surface area contributed by atoms with Gasteiger partial charge in [0, 0.05) is 43.0 Å². The molecule has 30 heavy (non-hydrogen) atoms. The lowest BCUT2D eigenvalue weighted by atomic mass is 10.2. The molecule has 2 N–H and O–H groups in total. The van der Waals surface area contributed by atoms with Crippen molar-refractivity contribution in [2.45, 2.75) is 19.4 Å². The van der Waals surface area contributed by atoms with Crippen LogP contribution in [0.25, 0.3) is 5.69 Å². The molecule has 8 nitrogen and oxygen atoms in total. The molecule has 8 heteroatoms. The molecule has 1 aromatic heterocycles. The van der Waals surface area contributed by atoms with E-state index < -0.39 is 0 Å². The van der Waals surface area contributed by atoms with Gasteiger partial charge in [0.1, 0.15) is 5.75 Å².